The van der Waals surface area contributed by atoms with Crippen LogP contribution in [0.2, 0.25) is 0 Å². The Hall–Kier alpha value is -1.77. The largest absolute Gasteiger partial charge is 0.381 e. The average molecular weight is 229 g/mol. The maximum Gasteiger partial charge on any atom is 0.0542 e. The molecular weight excluding hydrogens is 210 g/mol. The van der Waals surface area contributed by atoms with Gasteiger partial charge >= 0.3 is 0 Å². The summed E-state index contributed by atoms with van der Waals surface area (Å²) in [7, 11) is 1.97. The molecule has 0 unspecified atom stereocenters. The predicted octanol–water partition coefficient (Wildman–Crippen LogP) is 2.90. The van der Waals surface area contributed by atoms with E-state index < -0.39 is 0 Å². The molecule has 0 saturated heterocycles. The number of aryl methyl sites for hydroxylation is 2. The van der Waals surface area contributed by atoms with E-state index in [0.29, 0.717) is 0 Å². The summed E-state index contributed by atoms with van der Waals surface area (Å²) in [6.45, 7) is 5.09. The van der Waals surface area contributed by atoms with Gasteiger partial charge in [-0.25, -0.2) is 0 Å². The van der Waals surface area contributed by atoms with Crippen LogP contribution in [0.1, 0.15) is 23.7 Å². The topological polar surface area (TPSA) is 29.9 Å². The smallest absolute Gasteiger partial charge is 0.0542 e. The number of nitrogens with zero attached hydrogens (tertiary/aromatic N) is 2. The maximum atomic E-state index is 4.24. The molecule has 0 amide bonds. The zero-order valence-electron chi connectivity index (χ0n) is 10.7. The molecule has 0 aliphatic carbocycles. The third-order valence-corrected chi connectivity index (χ3v) is 3.16. The SMILES string of the molecule is CCc1cccc(NCc2cnn(C)c2C)c1. The first-order valence-corrected chi connectivity index (χ1v) is 6.01. The fraction of sp³-hybridized carbons (Fsp3) is 0.357. The van der Waals surface area contributed by atoms with E-state index in [1.54, 1.807) is 0 Å². The van der Waals surface area contributed by atoms with Crippen molar-refractivity contribution in [1.82, 2.24) is 9.78 Å². The molecule has 90 valence electrons. The third-order valence-electron chi connectivity index (χ3n) is 3.16. The van der Waals surface area contributed by atoms with E-state index in [0.717, 1.165) is 13.0 Å². The van der Waals surface area contributed by atoms with Crippen molar-refractivity contribution in [3.8, 4) is 0 Å². The van der Waals surface area contributed by atoms with E-state index in [1.807, 2.05) is 17.9 Å². The van der Waals surface area contributed by atoms with Gasteiger partial charge in [0.2, 0.25) is 0 Å². The van der Waals surface area contributed by atoms with E-state index in [2.05, 4.69) is 48.5 Å². The van der Waals surface area contributed by atoms with Crippen molar-refractivity contribution < 1.29 is 0 Å². The number of aromatic nitrogens is 2. The predicted molar refractivity (Wildman–Crippen MR) is 71.1 cm³/mol. The minimum absolute atomic E-state index is 0.826. The lowest BCUT2D eigenvalue weighted by Crippen LogP contribution is -2.01. The summed E-state index contributed by atoms with van der Waals surface area (Å²) in [6.07, 6.45) is 2.99. The molecule has 0 fully saturated rings. The summed E-state index contributed by atoms with van der Waals surface area (Å²) < 4.78 is 1.90. The van der Waals surface area contributed by atoms with E-state index >= 15 is 0 Å². The molecule has 0 radical (unpaired) electrons. The molecule has 3 heteroatoms. The zero-order chi connectivity index (χ0) is 12.3. The minimum atomic E-state index is 0.826. The highest BCUT2D eigenvalue weighted by Crippen LogP contribution is 2.13. The molecule has 0 aliphatic rings. The van der Waals surface area contributed by atoms with Crippen LogP contribution in [-0.4, -0.2) is 9.78 Å². The van der Waals surface area contributed by atoms with Crippen LogP contribution in [0, 0.1) is 6.92 Å². The van der Waals surface area contributed by atoms with Gasteiger partial charge in [-0.05, 0) is 31.0 Å². The summed E-state index contributed by atoms with van der Waals surface area (Å²) in [5, 5.41) is 7.68. The summed E-state index contributed by atoms with van der Waals surface area (Å²) in [5.74, 6) is 0. The zero-order valence-corrected chi connectivity index (χ0v) is 10.7. The second-order valence-electron chi connectivity index (χ2n) is 4.29. The number of hydrogen-bond donors (Lipinski definition) is 1. The van der Waals surface area contributed by atoms with Crippen LogP contribution in [-0.2, 0) is 20.0 Å². The van der Waals surface area contributed by atoms with E-state index in [9.17, 15) is 0 Å². The fourth-order valence-electron chi connectivity index (χ4n) is 1.82. The lowest BCUT2D eigenvalue weighted by molar-refractivity contribution is 0.738. The van der Waals surface area contributed by atoms with Crippen molar-refractivity contribution >= 4 is 5.69 Å². The Balaban J connectivity index is 2.04. The first kappa shape index (κ1) is 11.7. The summed E-state index contributed by atoms with van der Waals surface area (Å²) in [6, 6.07) is 8.55. The Bertz CT molecular complexity index is 500. The molecule has 0 aliphatic heterocycles. The Labute approximate surface area is 102 Å². The van der Waals surface area contributed by atoms with E-state index in [1.165, 1.54) is 22.5 Å². The van der Waals surface area contributed by atoms with Crippen LogP contribution >= 0.6 is 0 Å². The Kier molecular flexibility index (Phi) is 3.47. The molecule has 3 nitrogen and oxygen atoms in total. The number of benzene rings is 1. The summed E-state index contributed by atoms with van der Waals surface area (Å²) in [5.41, 5.74) is 4.99. The maximum absolute atomic E-state index is 4.24. The van der Waals surface area contributed by atoms with Gasteiger partial charge in [0.15, 0.2) is 0 Å². The second kappa shape index (κ2) is 5.04. The van der Waals surface area contributed by atoms with Gasteiger partial charge in [-0.2, -0.15) is 5.10 Å². The molecule has 17 heavy (non-hydrogen) atoms. The van der Waals surface area contributed by atoms with Crippen LogP contribution in [0.15, 0.2) is 30.5 Å². The van der Waals surface area contributed by atoms with Crippen LogP contribution in [0.4, 0.5) is 5.69 Å². The monoisotopic (exact) mass is 229 g/mol. The van der Waals surface area contributed by atoms with Gasteiger partial charge in [-0.1, -0.05) is 19.1 Å². The van der Waals surface area contributed by atoms with E-state index in [-0.39, 0.29) is 0 Å². The molecule has 2 aromatic rings. The van der Waals surface area contributed by atoms with Gasteiger partial charge in [-0.3, -0.25) is 4.68 Å². The van der Waals surface area contributed by atoms with Gasteiger partial charge in [0.1, 0.15) is 0 Å². The summed E-state index contributed by atoms with van der Waals surface area (Å²) >= 11 is 0. The first-order valence-electron chi connectivity index (χ1n) is 6.01. The van der Waals surface area contributed by atoms with Crippen LogP contribution in [0.5, 0.6) is 0 Å². The molecule has 1 aromatic carbocycles. The van der Waals surface area contributed by atoms with Crippen molar-refractivity contribution in [2.45, 2.75) is 26.8 Å². The molecule has 0 saturated carbocycles. The van der Waals surface area contributed by atoms with Crippen molar-refractivity contribution in [3.63, 3.8) is 0 Å². The molecule has 1 N–H and O–H groups in total. The van der Waals surface area contributed by atoms with Crippen LogP contribution in [0.3, 0.4) is 0 Å². The number of nitrogens with one attached hydrogen (secondary N) is 1. The van der Waals surface area contributed by atoms with E-state index in [4.69, 9.17) is 0 Å². The molecule has 1 aromatic heterocycles. The third kappa shape index (κ3) is 2.67. The van der Waals surface area contributed by atoms with Gasteiger partial charge in [0.25, 0.3) is 0 Å². The normalized spacial score (nSPS) is 10.5. The summed E-state index contributed by atoms with van der Waals surface area (Å²) in [4.78, 5) is 0. The number of anilines is 1. The second-order valence-corrected chi connectivity index (χ2v) is 4.29. The van der Waals surface area contributed by atoms with Crippen molar-refractivity contribution in [1.29, 1.82) is 0 Å². The van der Waals surface area contributed by atoms with Crippen LogP contribution < -0.4 is 5.32 Å². The minimum Gasteiger partial charge on any atom is -0.381 e. The average Bonchev–Trinajstić information content (AvgIpc) is 2.68. The standard InChI is InChI=1S/C14H19N3/c1-4-12-6-5-7-14(8-12)15-9-13-10-16-17(3)11(13)2/h5-8,10,15H,4,9H2,1-3H3. The van der Waals surface area contributed by atoms with Gasteiger partial charge in [0.05, 0.1) is 6.20 Å². The highest BCUT2D eigenvalue weighted by molar-refractivity contribution is 5.46. The molecule has 2 rings (SSSR count). The highest BCUT2D eigenvalue weighted by atomic mass is 15.3. The molecule has 1 heterocycles. The molecule has 0 bridgehead atoms. The lowest BCUT2D eigenvalue weighted by Gasteiger charge is -2.07. The molecule has 0 spiro atoms. The molecule has 0 atom stereocenters. The Morgan fingerprint density at radius 3 is 2.82 bits per heavy atom. The van der Waals surface area contributed by atoms with Gasteiger partial charge < -0.3 is 5.32 Å². The van der Waals surface area contributed by atoms with Crippen molar-refractivity contribution in [2.75, 3.05) is 5.32 Å². The van der Waals surface area contributed by atoms with Gasteiger partial charge in [0, 0.05) is 30.5 Å². The quantitative estimate of drug-likeness (QED) is 0.873. The highest BCUT2D eigenvalue weighted by Gasteiger charge is 2.03. The number of rotatable bonds is 4. The lowest BCUT2D eigenvalue weighted by atomic mass is 10.1. The van der Waals surface area contributed by atoms with Crippen molar-refractivity contribution in [3.05, 3.63) is 47.3 Å². The first-order chi connectivity index (χ1) is 8.20. The number of hydrogen-bond acceptors (Lipinski definition) is 2. The Morgan fingerprint density at radius 1 is 1.35 bits per heavy atom. The van der Waals surface area contributed by atoms with Crippen molar-refractivity contribution in [2.24, 2.45) is 7.05 Å². The van der Waals surface area contributed by atoms with Crippen LogP contribution in [0.25, 0.3) is 0 Å². The molecular formula is C14H19N3. The Morgan fingerprint density at radius 2 is 2.18 bits per heavy atom. The fourth-order valence-corrected chi connectivity index (χ4v) is 1.82. The van der Waals surface area contributed by atoms with Gasteiger partial charge in [-0.15, -0.1) is 0 Å².